The van der Waals surface area contributed by atoms with Gasteiger partial charge in [0.25, 0.3) is 5.56 Å². The molecule has 0 bridgehead atoms. The first-order chi connectivity index (χ1) is 11.1. The average Bonchev–Trinajstić information content (AvgIpc) is 2.53. The van der Waals surface area contributed by atoms with E-state index in [-0.39, 0.29) is 23.7 Å². The molecule has 8 heteroatoms. The number of ether oxygens (including phenoxy) is 1. The quantitative estimate of drug-likeness (QED) is 0.538. The molecule has 0 N–H and O–H groups in total. The lowest BCUT2D eigenvalue weighted by atomic mass is 10.3. The molecule has 0 radical (unpaired) electrons. The molecule has 0 saturated carbocycles. The molecule has 23 heavy (non-hydrogen) atoms. The molecule has 0 aliphatic carbocycles. The number of aryl methyl sites for hydroxylation is 1. The van der Waals surface area contributed by atoms with Crippen molar-refractivity contribution in [1.82, 2.24) is 14.4 Å². The van der Waals surface area contributed by atoms with Gasteiger partial charge >= 0.3 is 5.82 Å². The molecule has 0 aliphatic heterocycles. The summed E-state index contributed by atoms with van der Waals surface area (Å²) >= 11 is 0. The molecule has 0 amide bonds. The summed E-state index contributed by atoms with van der Waals surface area (Å²) in [5, 5.41) is 10.9. The van der Waals surface area contributed by atoms with E-state index >= 15 is 0 Å². The Morgan fingerprint density at radius 2 is 2.13 bits per heavy atom. The van der Waals surface area contributed by atoms with Gasteiger partial charge in [0.15, 0.2) is 0 Å². The Labute approximate surface area is 130 Å². The second-order valence-electron chi connectivity index (χ2n) is 4.82. The third-order valence-electron chi connectivity index (χ3n) is 3.23. The van der Waals surface area contributed by atoms with Gasteiger partial charge in [-0.05, 0) is 41.1 Å². The van der Waals surface area contributed by atoms with Crippen molar-refractivity contribution < 1.29 is 9.66 Å². The Kier molecular flexibility index (Phi) is 3.71. The molecule has 0 atom stereocenters. The molecule has 3 heterocycles. The zero-order valence-electron chi connectivity index (χ0n) is 12.2. The van der Waals surface area contributed by atoms with Crippen molar-refractivity contribution in [2.75, 3.05) is 0 Å². The van der Waals surface area contributed by atoms with Crippen LogP contribution in [0.2, 0.25) is 0 Å². The first-order valence-corrected chi connectivity index (χ1v) is 6.77. The van der Waals surface area contributed by atoms with Gasteiger partial charge in [-0.25, -0.2) is 4.98 Å². The second kappa shape index (κ2) is 5.84. The SMILES string of the molecule is Cc1cccc2nc(COc3cccnc3[N+](=O)[O-])cc(=O)n12. The summed E-state index contributed by atoms with van der Waals surface area (Å²) in [6.45, 7) is 1.75. The van der Waals surface area contributed by atoms with E-state index in [9.17, 15) is 14.9 Å². The summed E-state index contributed by atoms with van der Waals surface area (Å²) in [4.78, 5) is 30.4. The van der Waals surface area contributed by atoms with Gasteiger partial charge in [-0.2, -0.15) is 0 Å². The maximum absolute atomic E-state index is 12.2. The molecule has 8 nitrogen and oxygen atoms in total. The van der Waals surface area contributed by atoms with E-state index in [0.717, 1.165) is 5.69 Å². The molecule has 116 valence electrons. The molecular weight excluding hydrogens is 300 g/mol. The van der Waals surface area contributed by atoms with Crippen LogP contribution in [0, 0.1) is 17.0 Å². The molecule has 0 aromatic carbocycles. The van der Waals surface area contributed by atoms with E-state index in [0.29, 0.717) is 11.3 Å². The van der Waals surface area contributed by atoms with Crippen molar-refractivity contribution in [2.24, 2.45) is 0 Å². The average molecular weight is 312 g/mol. The number of hydrogen-bond acceptors (Lipinski definition) is 6. The minimum absolute atomic E-state index is 0.0312. The lowest BCUT2D eigenvalue weighted by Gasteiger charge is -2.08. The van der Waals surface area contributed by atoms with Crippen LogP contribution in [0.5, 0.6) is 5.75 Å². The fraction of sp³-hybridized carbons (Fsp3) is 0.133. The maximum atomic E-state index is 12.2. The van der Waals surface area contributed by atoms with Gasteiger partial charge in [-0.1, -0.05) is 6.07 Å². The summed E-state index contributed by atoms with van der Waals surface area (Å²) in [6, 6.07) is 9.66. The van der Waals surface area contributed by atoms with E-state index in [2.05, 4.69) is 9.97 Å². The molecular formula is C15H12N4O4. The number of hydrogen-bond donors (Lipinski definition) is 0. The van der Waals surface area contributed by atoms with Gasteiger partial charge in [0, 0.05) is 11.8 Å². The van der Waals surface area contributed by atoms with E-state index < -0.39 is 4.92 Å². The fourth-order valence-electron chi connectivity index (χ4n) is 2.22. The minimum Gasteiger partial charge on any atom is -0.479 e. The van der Waals surface area contributed by atoms with Crippen LogP contribution in [0.25, 0.3) is 5.65 Å². The van der Waals surface area contributed by atoms with Crippen molar-refractivity contribution in [3.63, 3.8) is 0 Å². The van der Waals surface area contributed by atoms with Crippen molar-refractivity contribution >= 4 is 11.5 Å². The Balaban J connectivity index is 1.92. The first kappa shape index (κ1) is 14.6. The topological polar surface area (TPSA) is 99.6 Å². The first-order valence-electron chi connectivity index (χ1n) is 6.77. The number of pyridine rings is 2. The number of fused-ring (bicyclic) bond motifs is 1. The highest BCUT2D eigenvalue weighted by Crippen LogP contribution is 2.23. The van der Waals surface area contributed by atoms with Crippen LogP contribution in [0.4, 0.5) is 5.82 Å². The maximum Gasteiger partial charge on any atom is 0.406 e. The number of nitrogens with zero attached hydrogens (tertiary/aromatic N) is 4. The highest BCUT2D eigenvalue weighted by Gasteiger charge is 2.16. The zero-order chi connectivity index (χ0) is 16.4. The van der Waals surface area contributed by atoms with E-state index in [4.69, 9.17) is 4.74 Å². The number of nitro groups is 1. The van der Waals surface area contributed by atoms with Crippen molar-refractivity contribution in [3.05, 3.63) is 74.5 Å². The summed E-state index contributed by atoms with van der Waals surface area (Å²) < 4.78 is 6.89. The normalized spacial score (nSPS) is 10.7. The van der Waals surface area contributed by atoms with Crippen molar-refractivity contribution in [1.29, 1.82) is 0 Å². The molecule has 3 rings (SSSR count). The second-order valence-corrected chi connectivity index (χ2v) is 4.82. The predicted octanol–water partition coefficient (Wildman–Crippen LogP) is 1.89. The molecule has 0 unspecified atom stereocenters. The van der Waals surface area contributed by atoms with Gasteiger partial charge in [-0.3, -0.25) is 9.20 Å². The molecule has 0 spiro atoms. The molecule has 3 aromatic heterocycles. The lowest BCUT2D eigenvalue weighted by molar-refractivity contribution is -0.390. The predicted molar refractivity (Wildman–Crippen MR) is 81.4 cm³/mol. The van der Waals surface area contributed by atoms with Crippen molar-refractivity contribution in [2.45, 2.75) is 13.5 Å². The largest absolute Gasteiger partial charge is 0.479 e. The van der Waals surface area contributed by atoms with Gasteiger partial charge in [0.2, 0.25) is 5.75 Å². The Hall–Kier alpha value is -3.29. The zero-order valence-corrected chi connectivity index (χ0v) is 12.2. The molecule has 0 aliphatic rings. The lowest BCUT2D eigenvalue weighted by Crippen LogP contribution is -2.18. The third-order valence-corrected chi connectivity index (χ3v) is 3.23. The van der Waals surface area contributed by atoms with Crippen LogP contribution < -0.4 is 10.3 Å². The van der Waals surface area contributed by atoms with Crippen LogP contribution in [-0.2, 0) is 6.61 Å². The van der Waals surface area contributed by atoms with E-state index in [1.54, 1.807) is 12.1 Å². The van der Waals surface area contributed by atoms with Gasteiger partial charge in [0.05, 0.1) is 5.69 Å². The van der Waals surface area contributed by atoms with Crippen LogP contribution >= 0.6 is 0 Å². The monoisotopic (exact) mass is 312 g/mol. The summed E-state index contributed by atoms with van der Waals surface area (Å²) in [5.74, 6) is -0.343. The van der Waals surface area contributed by atoms with Crippen molar-refractivity contribution in [3.8, 4) is 5.75 Å². The highest BCUT2D eigenvalue weighted by molar-refractivity contribution is 5.41. The Morgan fingerprint density at radius 3 is 2.91 bits per heavy atom. The summed E-state index contributed by atoms with van der Waals surface area (Å²) in [7, 11) is 0. The van der Waals surface area contributed by atoms with Gasteiger partial charge in [0.1, 0.15) is 18.5 Å². The Bertz CT molecular complexity index is 952. The smallest absolute Gasteiger partial charge is 0.406 e. The Morgan fingerprint density at radius 1 is 1.30 bits per heavy atom. The number of rotatable bonds is 4. The van der Waals surface area contributed by atoms with Crippen LogP contribution in [0.1, 0.15) is 11.4 Å². The molecule has 3 aromatic rings. The van der Waals surface area contributed by atoms with E-state index in [1.165, 1.54) is 28.8 Å². The highest BCUT2D eigenvalue weighted by atomic mass is 16.6. The number of aromatic nitrogens is 3. The fourth-order valence-corrected chi connectivity index (χ4v) is 2.22. The van der Waals surface area contributed by atoms with Crippen LogP contribution in [0.15, 0.2) is 47.4 Å². The summed E-state index contributed by atoms with van der Waals surface area (Å²) in [5.41, 5.74) is 1.43. The minimum atomic E-state index is -0.624. The van der Waals surface area contributed by atoms with Crippen LogP contribution in [-0.4, -0.2) is 19.3 Å². The summed E-state index contributed by atoms with van der Waals surface area (Å²) in [6.07, 6.45) is 1.31. The molecule has 0 fully saturated rings. The molecule has 0 saturated heterocycles. The van der Waals surface area contributed by atoms with E-state index in [1.807, 2.05) is 13.0 Å². The van der Waals surface area contributed by atoms with Gasteiger partial charge < -0.3 is 14.9 Å². The van der Waals surface area contributed by atoms with Crippen LogP contribution in [0.3, 0.4) is 0 Å². The van der Waals surface area contributed by atoms with Gasteiger partial charge in [-0.15, -0.1) is 0 Å². The standard InChI is InChI=1S/C15H12N4O4/c1-10-4-2-6-13-17-11(8-14(20)18(10)13)9-23-12-5-3-7-16-15(12)19(21)22/h2-8H,9H2,1H3. The third kappa shape index (κ3) is 2.86.